The smallest absolute Gasteiger partial charge is 0.207 e. The molecule has 124 valence electrons. The molecule has 2 aromatic heterocycles. The first-order chi connectivity index (χ1) is 12.2. The molecule has 6 nitrogen and oxygen atoms in total. The lowest BCUT2D eigenvalue weighted by Crippen LogP contribution is -2.11. The van der Waals surface area contributed by atoms with Crippen molar-refractivity contribution >= 4 is 34.0 Å². The Morgan fingerprint density at radius 2 is 1.96 bits per heavy atom. The van der Waals surface area contributed by atoms with Crippen LogP contribution >= 0.6 is 0 Å². The van der Waals surface area contributed by atoms with Gasteiger partial charge in [-0.15, -0.1) is 0 Å². The Balaban J connectivity index is 1.75. The third kappa shape index (κ3) is 3.01. The monoisotopic (exact) mass is 330 g/mol. The number of hydrogen-bond acceptors (Lipinski definition) is 5. The third-order valence-corrected chi connectivity index (χ3v) is 4.09. The van der Waals surface area contributed by atoms with E-state index in [1.165, 1.54) is 5.56 Å². The molecule has 2 N–H and O–H groups in total. The van der Waals surface area contributed by atoms with E-state index in [2.05, 4.69) is 50.4 Å². The molecule has 6 heteroatoms. The van der Waals surface area contributed by atoms with Gasteiger partial charge in [-0.2, -0.15) is 0 Å². The van der Waals surface area contributed by atoms with Gasteiger partial charge in [0.25, 0.3) is 0 Å². The van der Waals surface area contributed by atoms with Gasteiger partial charge >= 0.3 is 0 Å². The van der Waals surface area contributed by atoms with Crippen LogP contribution in [0.2, 0.25) is 0 Å². The zero-order valence-electron chi connectivity index (χ0n) is 14.1. The number of nitrogens with one attached hydrogen (secondary N) is 2. The van der Waals surface area contributed by atoms with Crippen LogP contribution in [0.4, 0.5) is 23.1 Å². The molecule has 0 fully saturated rings. The van der Waals surface area contributed by atoms with E-state index in [9.17, 15) is 0 Å². The zero-order valence-corrected chi connectivity index (χ0v) is 14.1. The molecule has 0 bridgehead atoms. The van der Waals surface area contributed by atoms with Crippen LogP contribution < -0.4 is 10.2 Å². The summed E-state index contributed by atoms with van der Waals surface area (Å²) in [7, 11) is 1.97. The van der Waals surface area contributed by atoms with Crippen LogP contribution in [-0.2, 0) is 0 Å². The molecule has 0 amide bonds. The fraction of sp³-hybridized carbons (Fsp3) is 0.105. The van der Waals surface area contributed by atoms with Gasteiger partial charge in [0.15, 0.2) is 0 Å². The van der Waals surface area contributed by atoms with E-state index in [1.54, 1.807) is 18.7 Å². The first kappa shape index (κ1) is 15.1. The van der Waals surface area contributed by atoms with E-state index in [0.717, 1.165) is 34.0 Å². The van der Waals surface area contributed by atoms with E-state index < -0.39 is 0 Å². The molecule has 0 aliphatic rings. The Morgan fingerprint density at radius 3 is 2.76 bits per heavy atom. The second-order valence-corrected chi connectivity index (χ2v) is 5.89. The highest BCUT2D eigenvalue weighted by Crippen LogP contribution is 2.29. The molecule has 4 aromatic rings. The molecule has 0 unspecified atom stereocenters. The number of aromatic nitrogens is 4. The first-order valence-electron chi connectivity index (χ1n) is 8.02. The van der Waals surface area contributed by atoms with Crippen molar-refractivity contribution in [2.75, 3.05) is 17.3 Å². The molecule has 25 heavy (non-hydrogen) atoms. The molecule has 0 aliphatic heterocycles. The number of aromatic amines is 1. The summed E-state index contributed by atoms with van der Waals surface area (Å²) in [6.07, 6.45) is 5.12. The quantitative estimate of drug-likeness (QED) is 0.587. The number of aryl methyl sites for hydroxylation is 1. The molecular weight excluding hydrogens is 312 g/mol. The van der Waals surface area contributed by atoms with Crippen molar-refractivity contribution in [3.05, 3.63) is 66.7 Å². The number of anilines is 4. The maximum atomic E-state index is 4.43. The van der Waals surface area contributed by atoms with E-state index in [1.807, 2.05) is 36.2 Å². The number of imidazole rings is 1. The first-order valence-corrected chi connectivity index (χ1v) is 8.02. The Bertz CT molecular complexity index is 1010. The molecule has 0 spiro atoms. The minimum absolute atomic E-state index is 0.782. The second kappa shape index (κ2) is 6.24. The van der Waals surface area contributed by atoms with Crippen LogP contribution in [0.25, 0.3) is 10.9 Å². The van der Waals surface area contributed by atoms with Gasteiger partial charge in [-0.25, -0.2) is 15.0 Å². The second-order valence-electron chi connectivity index (χ2n) is 5.89. The molecule has 2 aromatic carbocycles. The topological polar surface area (TPSA) is 69.7 Å². The molecule has 0 radical (unpaired) electrons. The molecule has 0 saturated heterocycles. The summed E-state index contributed by atoms with van der Waals surface area (Å²) in [5.74, 6) is 1.56. The van der Waals surface area contributed by atoms with Gasteiger partial charge in [0.05, 0.1) is 5.52 Å². The van der Waals surface area contributed by atoms with E-state index >= 15 is 0 Å². The summed E-state index contributed by atoms with van der Waals surface area (Å²) in [6, 6.07) is 14.3. The minimum atomic E-state index is 0.782. The van der Waals surface area contributed by atoms with Crippen LogP contribution in [0.1, 0.15) is 5.56 Å². The summed E-state index contributed by atoms with van der Waals surface area (Å²) < 4.78 is 0. The maximum Gasteiger partial charge on any atom is 0.207 e. The maximum absolute atomic E-state index is 4.43. The van der Waals surface area contributed by atoms with Crippen molar-refractivity contribution < 1.29 is 0 Å². The number of rotatable bonds is 4. The Kier molecular flexibility index (Phi) is 3.78. The average molecular weight is 330 g/mol. The predicted molar refractivity (Wildman–Crippen MR) is 101 cm³/mol. The lowest BCUT2D eigenvalue weighted by Gasteiger charge is -2.17. The van der Waals surface area contributed by atoms with Crippen molar-refractivity contribution in [3.63, 3.8) is 0 Å². The number of hydrogen-bond donors (Lipinski definition) is 2. The summed E-state index contributed by atoms with van der Waals surface area (Å²) in [6.45, 7) is 2.07. The highest BCUT2D eigenvalue weighted by molar-refractivity contribution is 5.93. The van der Waals surface area contributed by atoms with Crippen LogP contribution in [-0.4, -0.2) is 27.0 Å². The van der Waals surface area contributed by atoms with Gasteiger partial charge in [0.1, 0.15) is 12.1 Å². The fourth-order valence-electron chi connectivity index (χ4n) is 2.78. The lowest BCUT2D eigenvalue weighted by atomic mass is 10.2. The highest BCUT2D eigenvalue weighted by Gasteiger charge is 2.10. The van der Waals surface area contributed by atoms with Crippen LogP contribution in [0, 0.1) is 6.92 Å². The summed E-state index contributed by atoms with van der Waals surface area (Å²) >= 11 is 0. The van der Waals surface area contributed by atoms with Crippen molar-refractivity contribution in [1.82, 2.24) is 19.9 Å². The summed E-state index contributed by atoms with van der Waals surface area (Å²) in [4.78, 5) is 18.2. The summed E-state index contributed by atoms with van der Waals surface area (Å²) in [5.41, 5.74) is 4.10. The zero-order chi connectivity index (χ0) is 17.2. The molecule has 0 aliphatic carbocycles. The number of H-pyrrole nitrogens is 1. The van der Waals surface area contributed by atoms with Gasteiger partial charge in [-0.1, -0.05) is 12.1 Å². The number of fused-ring (bicyclic) bond motifs is 1. The van der Waals surface area contributed by atoms with Gasteiger partial charge in [0.2, 0.25) is 5.95 Å². The van der Waals surface area contributed by atoms with Crippen LogP contribution in [0.3, 0.4) is 0 Å². The van der Waals surface area contributed by atoms with Crippen LogP contribution in [0.5, 0.6) is 0 Å². The Hall–Kier alpha value is -3.41. The van der Waals surface area contributed by atoms with Crippen molar-refractivity contribution in [2.24, 2.45) is 0 Å². The molecule has 2 heterocycles. The average Bonchev–Trinajstić information content (AvgIpc) is 3.16. The SMILES string of the molecule is Cc1cccc(Nc2ncnc3ccc(N(C)c4ncc[nH]4)cc23)c1. The van der Waals surface area contributed by atoms with E-state index in [0.29, 0.717) is 0 Å². The highest BCUT2D eigenvalue weighted by atomic mass is 15.2. The standard InChI is InChI=1S/C19H18N6/c1-13-4-3-5-14(10-13)24-18-16-11-15(6-7-17(16)22-12-23-18)25(2)19-20-8-9-21-19/h3-12H,1-2H3,(H,20,21)(H,22,23,24). The largest absolute Gasteiger partial charge is 0.340 e. The Morgan fingerprint density at radius 1 is 1.04 bits per heavy atom. The lowest BCUT2D eigenvalue weighted by molar-refractivity contribution is 1.10. The normalized spacial score (nSPS) is 10.8. The Labute approximate surface area is 145 Å². The van der Waals surface area contributed by atoms with Gasteiger partial charge in [-0.3, -0.25) is 0 Å². The number of benzene rings is 2. The van der Waals surface area contributed by atoms with E-state index in [-0.39, 0.29) is 0 Å². The molecule has 0 saturated carbocycles. The molecule has 0 atom stereocenters. The summed E-state index contributed by atoms with van der Waals surface area (Å²) in [5, 5.41) is 4.35. The van der Waals surface area contributed by atoms with Gasteiger partial charge < -0.3 is 15.2 Å². The third-order valence-electron chi connectivity index (χ3n) is 4.09. The molecule has 4 rings (SSSR count). The fourth-order valence-corrected chi connectivity index (χ4v) is 2.78. The predicted octanol–water partition coefficient (Wildman–Crippen LogP) is 4.17. The van der Waals surface area contributed by atoms with Crippen molar-refractivity contribution in [1.29, 1.82) is 0 Å². The van der Waals surface area contributed by atoms with Crippen molar-refractivity contribution in [3.8, 4) is 0 Å². The molecular formula is C19H18N6. The number of nitrogens with zero attached hydrogens (tertiary/aromatic N) is 4. The van der Waals surface area contributed by atoms with E-state index in [4.69, 9.17) is 0 Å². The van der Waals surface area contributed by atoms with Crippen molar-refractivity contribution in [2.45, 2.75) is 6.92 Å². The van der Waals surface area contributed by atoms with Gasteiger partial charge in [-0.05, 0) is 42.8 Å². The minimum Gasteiger partial charge on any atom is -0.340 e. The van der Waals surface area contributed by atoms with Crippen LogP contribution in [0.15, 0.2) is 61.2 Å². The van der Waals surface area contributed by atoms with Gasteiger partial charge in [0, 0.05) is 36.2 Å².